The van der Waals surface area contributed by atoms with Crippen molar-refractivity contribution in [3.63, 3.8) is 0 Å². The number of benzene rings is 2. The van der Waals surface area contributed by atoms with Crippen LogP contribution in [0.4, 0.5) is 11.4 Å². The van der Waals surface area contributed by atoms with Crippen molar-refractivity contribution in [2.45, 2.75) is 6.54 Å². The molecule has 0 fully saturated rings. The summed E-state index contributed by atoms with van der Waals surface area (Å²) >= 11 is 0. The van der Waals surface area contributed by atoms with E-state index in [9.17, 15) is 20.0 Å². The maximum absolute atomic E-state index is 11.1. The molecule has 7 heteroatoms. The van der Waals surface area contributed by atoms with Gasteiger partial charge in [0, 0.05) is 23.7 Å². The van der Waals surface area contributed by atoms with Crippen molar-refractivity contribution >= 4 is 17.3 Å². The fraction of sp³-hybridized carbons (Fsp3) is 0.0714. The highest BCUT2D eigenvalue weighted by atomic mass is 16.6. The van der Waals surface area contributed by atoms with Crippen molar-refractivity contribution in [3.05, 3.63) is 63.7 Å². The molecule has 0 radical (unpaired) electrons. The average Bonchev–Trinajstić information content (AvgIpc) is 2.46. The SMILES string of the molecule is NC(=O)c1ccc(NCc2ccccc2O)c([N+](=O)[O-])c1. The van der Waals surface area contributed by atoms with E-state index in [-0.39, 0.29) is 29.2 Å². The number of rotatable bonds is 5. The number of anilines is 1. The fourth-order valence-electron chi connectivity index (χ4n) is 1.84. The Hall–Kier alpha value is -3.09. The summed E-state index contributed by atoms with van der Waals surface area (Å²) in [7, 11) is 0. The van der Waals surface area contributed by atoms with Crippen molar-refractivity contribution < 1.29 is 14.8 Å². The molecule has 0 aliphatic rings. The first-order chi connectivity index (χ1) is 9.99. The highest BCUT2D eigenvalue weighted by Gasteiger charge is 2.16. The topological polar surface area (TPSA) is 118 Å². The van der Waals surface area contributed by atoms with Crippen LogP contribution in [-0.4, -0.2) is 15.9 Å². The standard InChI is InChI=1S/C14H13N3O4/c15-14(19)9-5-6-11(12(7-9)17(20)21)16-8-10-3-1-2-4-13(10)18/h1-7,16,18H,8H2,(H2,15,19). The van der Waals surface area contributed by atoms with Gasteiger partial charge in [-0.1, -0.05) is 18.2 Å². The van der Waals surface area contributed by atoms with E-state index in [0.717, 1.165) is 6.07 Å². The Morgan fingerprint density at radius 1 is 1.29 bits per heavy atom. The molecular weight excluding hydrogens is 274 g/mol. The van der Waals surface area contributed by atoms with E-state index in [1.807, 2.05) is 0 Å². The third-order valence-corrected chi connectivity index (χ3v) is 2.94. The Morgan fingerprint density at radius 3 is 2.62 bits per heavy atom. The van der Waals surface area contributed by atoms with Crippen LogP contribution in [0.5, 0.6) is 5.75 Å². The number of hydrogen-bond acceptors (Lipinski definition) is 5. The molecule has 0 aliphatic heterocycles. The average molecular weight is 287 g/mol. The Balaban J connectivity index is 2.26. The largest absolute Gasteiger partial charge is 0.508 e. The number of nitro groups is 1. The van der Waals surface area contributed by atoms with Crippen molar-refractivity contribution in [2.24, 2.45) is 5.73 Å². The maximum atomic E-state index is 11.1. The molecule has 108 valence electrons. The molecule has 2 aromatic rings. The number of primary amides is 1. The molecule has 0 bridgehead atoms. The normalized spacial score (nSPS) is 10.1. The van der Waals surface area contributed by atoms with E-state index in [2.05, 4.69) is 5.32 Å². The van der Waals surface area contributed by atoms with Crippen molar-refractivity contribution in [2.75, 3.05) is 5.32 Å². The second-order valence-electron chi connectivity index (χ2n) is 4.34. The van der Waals surface area contributed by atoms with Gasteiger partial charge in [0.05, 0.1) is 4.92 Å². The Labute approximate surface area is 120 Å². The molecule has 2 aromatic carbocycles. The minimum atomic E-state index is -0.731. The molecule has 0 saturated carbocycles. The number of aromatic hydroxyl groups is 1. The summed E-state index contributed by atoms with van der Waals surface area (Å²) in [5, 5.41) is 23.6. The number of hydrogen-bond donors (Lipinski definition) is 3. The van der Waals surface area contributed by atoms with Gasteiger partial charge in [-0.2, -0.15) is 0 Å². The summed E-state index contributed by atoms with van der Waals surface area (Å²) in [6.45, 7) is 0.212. The number of phenolic OH excluding ortho intramolecular Hbond substituents is 1. The van der Waals surface area contributed by atoms with Crippen molar-refractivity contribution in [3.8, 4) is 5.75 Å². The third kappa shape index (κ3) is 3.27. The maximum Gasteiger partial charge on any atom is 0.293 e. The summed E-state index contributed by atoms with van der Waals surface area (Å²) in [5.74, 6) is -0.633. The second-order valence-corrected chi connectivity index (χ2v) is 4.34. The van der Waals surface area contributed by atoms with E-state index in [4.69, 9.17) is 5.73 Å². The third-order valence-electron chi connectivity index (χ3n) is 2.94. The summed E-state index contributed by atoms with van der Waals surface area (Å²) in [5.41, 5.74) is 5.77. The monoisotopic (exact) mass is 287 g/mol. The van der Waals surface area contributed by atoms with E-state index in [1.165, 1.54) is 18.2 Å². The van der Waals surface area contributed by atoms with Gasteiger partial charge in [-0.05, 0) is 18.2 Å². The smallest absolute Gasteiger partial charge is 0.293 e. The van der Waals surface area contributed by atoms with Crippen LogP contribution in [0.25, 0.3) is 0 Å². The molecular formula is C14H13N3O4. The van der Waals surface area contributed by atoms with E-state index >= 15 is 0 Å². The first-order valence-corrected chi connectivity index (χ1v) is 6.08. The molecule has 0 spiro atoms. The van der Waals surface area contributed by atoms with Gasteiger partial charge in [-0.15, -0.1) is 0 Å². The van der Waals surface area contributed by atoms with E-state index in [0.29, 0.717) is 5.56 Å². The van der Waals surface area contributed by atoms with Crippen LogP contribution in [0.2, 0.25) is 0 Å². The summed E-state index contributed by atoms with van der Waals surface area (Å²) in [4.78, 5) is 21.5. The highest BCUT2D eigenvalue weighted by Crippen LogP contribution is 2.27. The lowest BCUT2D eigenvalue weighted by atomic mass is 10.1. The van der Waals surface area contributed by atoms with Crippen LogP contribution < -0.4 is 11.1 Å². The molecule has 0 atom stereocenters. The zero-order valence-electron chi connectivity index (χ0n) is 10.9. The number of nitrogens with zero attached hydrogens (tertiary/aromatic N) is 1. The van der Waals surface area contributed by atoms with Crippen LogP contribution in [0.15, 0.2) is 42.5 Å². The lowest BCUT2D eigenvalue weighted by Gasteiger charge is -2.09. The summed E-state index contributed by atoms with van der Waals surface area (Å²) in [6, 6.07) is 10.6. The minimum Gasteiger partial charge on any atom is -0.508 e. The lowest BCUT2D eigenvalue weighted by molar-refractivity contribution is -0.384. The van der Waals surface area contributed by atoms with Gasteiger partial charge >= 0.3 is 0 Å². The molecule has 0 heterocycles. The quantitative estimate of drug-likeness (QED) is 0.574. The summed E-state index contributed by atoms with van der Waals surface area (Å²) in [6.07, 6.45) is 0. The van der Waals surface area contributed by atoms with Gasteiger partial charge in [0.1, 0.15) is 11.4 Å². The predicted molar refractivity (Wildman–Crippen MR) is 77.0 cm³/mol. The van der Waals surface area contributed by atoms with Crippen molar-refractivity contribution in [1.29, 1.82) is 0 Å². The molecule has 1 amide bonds. The van der Waals surface area contributed by atoms with Gasteiger partial charge in [-0.3, -0.25) is 14.9 Å². The number of carbonyl (C=O) groups excluding carboxylic acids is 1. The van der Waals surface area contributed by atoms with Crippen LogP contribution in [0.1, 0.15) is 15.9 Å². The number of phenols is 1. The molecule has 7 nitrogen and oxygen atoms in total. The van der Waals surface area contributed by atoms with Crippen LogP contribution in [0, 0.1) is 10.1 Å². The van der Waals surface area contributed by atoms with Crippen LogP contribution in [0.3, 0.4) is 0 Å². The number of para-hydroxylation sites is 1. The molecule has 0 saturated heterocycles. The molecule has 0 aliphatic carbocycles. The van der Waals surface area contributed by atoms with Gasteiger partial charge in [-0.25, -0.2) is 0 Å². The molecule has 0 aromatic heterocycles. The Bertz CT molecular complexity index is 700. The second kappa shape index (κ2) is 5.91. The van der Waals surface area contributed by atoms with Crippen LogP contribution in [-0.2, 0) is 6.54 Å². The zero-order valence-corrected chi connectivity index (χ0v) is 10.9. The fourth-order valence-corrected chi connectivity index (χ4v) is 1.84. The summed E-state index contributed by atoms with van der Waals surface area (Å²) < 4.78 is 0. The molecule has 2 rings (SSSR count). The Morgan fingerprint density at radius 2 is 2.00 bits per heavy atom. The predicted octanol–water partition coefficient (Wildman–Crippen LogP) is 2.01. The number of amides is 1. The first-order valence-electron chi connectivity index (χ1n) is 6.08. The number of carbonyl (C=O) groups is 1. The Kier molecular flexibility index (Phi) is 4.03. The highest BCUT2D eigenvalue weighted by molar-refractivity contribution is 5.94. The van der Waals surface area contributed by atoms with Gasteiger partial charge < -0.3 is 16.2 Å². The minimum absolute atomic E-state index is 0.0646. The van der Waals surface area contributed by atoms with Gasteiger partial charge in [0.15, 0.2) is 0 Å². The van der Waals surface area contributed by atoms with Gasteiger partial charge in [0.2, 0.25) is 5.91 Å². The van der Waals surface area contributed by atoms with Crippen molar-refractivity contribution in [1.82, 2.24) is 0 Å². The molecule has 4 N–H and O–H groups in total. The number of nitrogens with two attached hydrogens (primary N) is 1. The lowest BCUT2D eigenvalue weighted by Crippen LogP contribution is -2.12. The molecule has 21 heavy (non-hydrogen) atoms. The molecule has 0 unspecified atom stereocenters. The number of nitro benzene ring substituents is 1. The number of nitrogens with one attached hydrogen (secondary N) is 1. The zero-order chi connectivity index (χ0) is 15.4. The van der Waals surface area contributed by atoms with Crippen LogP contribution >= 0.6 is 0 Å². The van der Waals surface area contributed by atoms with E-state index in [1.54, 1.807) is 18.2 Å². The first kappa shape index (κ1) is 14.3. The van der Waals surface area contributed by atoms with Gasteiger partial charge in [0.25, 0.3) is 5.69 Å². The van der Waals surface area contributed by atoms with E-state index < -0.39 is 10.8 Å².